The zero-order valence-electron chi connectivity index (χ0n) is 22.9. The molecule has 40 heavy (non-hydrogen) atoms. The van der Waals surface area contributed by atoms with E-state index in [2.05, 4.69) is 5.32 Å². The molecule has 212 valence electrons. The number of carbonyl (C=O) groups excluding carboxylic acids is 2. The lowest BCUT2D eigenvalue weighted by Crippen LogP contribution is -2.54. The highest BCUT2D eigenvalue weighted by atomic mass is 32.2. The van der Waals surface area contributed by atoms with Crippen LogP contribution in [0, 0.1) is 12.7 Å². The Hall–Kier alpha value is -3.56. The van der Waals surface area contributed by atoms with E-state index in [1.54, 1.807) is 30.3 Å². The summed E-state index contributed by atoms with van der Waals surface area (Å²) in [7, 11) is -2.65. The number of nitrogens with zero attached hydrogens (tertiary/aromatic N) is 2. The van der Waals surface area contributed by atoms with E-state index in [0.717, 1.165) is 41.1 Å². The normalized spacial score (nSPS) is 14.7. The number of nitrogens with one attached hydrogen (secondary N) is 1. The van der Waals surface area contributed by atoms with Crippen LogP contribution >= 0.6 is 0 Å². The Morgan fingerprint density at radius 2 is 1.57 bits per heavy atom. The highest BCUT2D eigenvalue weighted by Gasteiger charge is 2.34. The van der Waals surface area contributed by atoms with Gasteiger partial charge in [0.2, 0.25) is 21.8 Å². The van der Waals surface area contributed by atoms with E-state index in [4.69, 9.17) is 0 Å². The molecule has 3 aromatic carbocycles. The Bertz CT molecular complexity index is 1410. The third kappa shape index (κ3) is 7.34. The first-order valence-corrected chi connectivity index (χ1v) is 15.0. The van der Waals surface area contributed by atoms with Gasteiger partial charge in [-0.2, -0.15) is 4.31 Å². The average Bonchev–Trinajstić information content (AvgIpc) is 3.45. The van der Waals surface area contributed by atoms with Crippen molar-refractivity contribution in [2.45, 2.75) is 62.6 Å². The fraction of sp³-hybridized carbons (Fsp3) is 0.355. The van der Waals surface area contributed by atoms with E-state index in [0.29, 0.717) is 0 Å². The number of benzene rings is 3. The molecule has 2 amide bonds. The van der Waals surface area contributed by atoms with E-state index < -0.39 is 34.3 Å². The Kier molecular flexibility index (Phi) is 9.71. The maximum atomic E-state index is 14.8. The number of halogens is 1. The van der Waals surface area contributed by atoms with Crippen LogP contribution in [0.2, 0.25) is 0 Å². The lowest BCUT2D eigenvalue weighted by molar-refractivity contribution is -0.141. The van der Waals surface area contributed by atoms with Crippen molar-refractivity contribution in [1.82, 2.24) is 14.5 Å². The molecule has 1 unspecified atom stereocenters. The standard InChI is InChI=1S/C31H36FN3O4S/c1-23-16-18-27(19-17-23)40(38,39)34(2)22-30(36)35(21-25-12-6-9-15-28(25)32)29(20-24-10-4-3-5-11-24)31(37)33-26-13-7-8-14-26/h3-6,9-12,15-19,26,29H,7-8,13-14,20-22H2,1-2H3,(H,33,37). The minimum Gasteiger partial charge on any atom is -0.352 e. The zero-order chi connectivity index (χ0) is 28.7. The molecule has 1 atom stereocenters. The lowest BCUT2D eigenvalue weighted by Gasteiger charge is -2.33. The molecule has 0 aliphatic heterocycles. The summed E-state index contributed by atoms with van der Waals surface area (Å²) in [5.74, 6) is -1.43. The van der Waals surface area contributed by atoms with Crippen LogP contribution in [0.4, 0.5) is 4.39 Å². The Morgan fingerprint density at radius 3 is 2.23 bits per heavy atom. The number of hydrogen-bond donors (Lipinski definition) is 1. The van der Waals surface area contributed by atoms with Crippen molar-refractivity contribution in [1.29, 1.82) is 0 Å². The summed E-state index contributed by atoms with van der Waals surface area (Å²) in [5, 5.41) is 3.09. The lowest BCUT2D eigenvalue weighted by atomic mass is 10.0. The van der Waals surface area contributed by atoms with Crippen LogP contribution in [-0.2, 0) is 32.6 Å². The van der Waals surface area contributed by atoms with Crippen LogP contribution in [0.3, 0.4) is 0 Å². The van der Waals surface area contributed by atoms with Gasteiger partial charge in [0.05, 0.1) is 11.4 Å². The summed E-state index contributed by atoms with van der Waals surface area (Å²) >= 11 is 0. The summed E-state index contributed by atoms with van der Waals surface area (Å²) in [6.45, 7) is 1.17. The number of likely N-dealkylation sites (N-methyl/N-ethyl adjacent to an activating group) is 1. The third-order valence-corrected chi connectivity index (χ3v) is 9.18. The Labute approximate surface area is 236 Å². The quantitative estimate of drug-likeness (QED) is 0.372. The second kappa shape index (κ2) is 13.2. The predicted octanol–water partition coefficient (Wildman–Crippen LogP) is 4.45. The van der Waals surface area contributed by atoms with E-state index in [1.807, 2.05) is 37.3 Å². The predicted molar refractivity (Wildman–Crippen MR) is 152 cm³/mol. The molecular formula is C31H36FN3O4S. The zero-order valence-corrected chi connectivity index (χ0v) is 23.7. The summed E-state index contributed by atoms with van der Waals surface area (Å²) in [6.07, 6.45) is 3.97. The first-order valence-electron chi connectivity index (χ1n) is 13.6. The Balaban J connectivity index is 1.66. The maximum Gasteiger partial charge on any atom is 0.243 e. The molecule has 1 saturated carbocycles. The number of rotatable bonds is 11. The second-order valence-electron chi connectivity index (χ2n) is 10.4. The van der Waals surface area contributed by atoms with Crippen LogP contribution in [0.1, 0.15) is 42.4 Å². The van der Waals surface area contributed by atoms with Gasteiger partial charge >= 0.3 is 0 Å². The van der Waals surface area contributed by atoms with Crippen molar-refractivity contribution in [2.24, 2.45) is 0 Å². The molecule has 0 bridgehead atoms. The van der Waals surface area contributed by atoms with Gasteiger partial charge in [0.1, 0.15) is 11.9 Å². The van der Waals surface area contributed by atoms with Crippen molar-refractivity contribution < 1.29 is 22.4 Å². The molecular weight excluding hydrogens is 529 g/mol. The number of sulfonamides is 1. The van der Waals surface area contributed by atoms with Crippen LogP contribution in [0.15, 0.2) is 83.8 Å². The summed E-state index contributed by atoms with van der Waals surface area (Å²) in [4.78, 5) is 29.0. The summed E-state index contributed by atoms with van der Waals surface area (Å²) in [5.41, 5.74) is 1.98. The minimum absolute atomic E-state index is 0.0146. The first kappa shape index (κ1) is 29.4. The highest BCUT2D eigenvalue weighted by Crippen LogP contribution is 2.22. The van der Waals surface area contributed by atoms with Crippen LogP contribution in [0.25, 0.3) is 0 Å². The van der Waals surface area contributed by atoms with Crippen LogP contribution < -0.4 is 5.32 Å². The molecule has 3 aromatic rings. The van der Waals surface area contributed by atoms with E-state index in [9.17, 15) is 22.4 Å². The molecule has 0 radical (unpaired) electrons. The number of hydrogen-bond acceptors (Lipinski definition) is 4. The van der Waals surface area contributed by atoms with Gasteiger partial charge in [0.15, 0.2) is 0 Å². The Morgan fingerprint density at radius 1 is 0.950 bits per heavy atom. The molecule has 1 fully saturated rings. The molecule has 1 aliphatic rings. The third-order valence-electron chi connectivity index (χ3n) is 7.36. The molecule has 0 spiro atoms. The maximum absolute atomic E-state index is 14.8. The first-order chi connectivity index (χ1) is 19.1. The molecule has 9 heteroatoms. The van der Waals surface area contributed by atoms with Gasteiger partial charge in [-0.1, -0.05) is 79.1 Å². The minimum atomic E-state index is -3.98. The highest BCUT2D eigenvalue weighted by molar-refractivity contribution is 7.89. The van der Waals surface area contributed by atoms with Gasteiger partial charge in [-0.15, -0.1) is 0 Å². The average molecular weight is 566 g/mol. The van der Waals surface area contributed by atoms with E-state index in [1.165, 1.54) is 30.1 Å². The molecule has 1 N–H and O–H groups in total. The van der Waals surface area contributed by atoms with Crippen molar-refractivity contribution in [2.75, 3.05) is 13.6 Å². The van der Waals surface area contributed by atoms with Gasteiger partial charge in [-0.05, 0) is 43.5 Å². The molecule has 7 nitrogen and oxygen atoms in total. The topological polar surface area (TPSA) is 86.8 Å². The fourth-order valence-corrected chi connectivity index (χ4v) is 6.11. The largest absolute Gasteiger partial charge is 0.352 e. The summed E-state index contributed by atoms with van der Waals surface area (Å²) in [6, 6.07) is 20.8. The number of amides is 2. The van der Waals surface area contributed by atoms with Gasteiger partial charge in [0, 0.05) is 31.6 Å². The summed E-state index contributed by atoms with van der Waals surface area (Å²) < 4.78 is 42.3. The van der Waals surface area contributed by atoms with Crippen LogP contribution in [0.5, 0.6) is 0 Å². The van der Waals surface area contributed by atoms with E-state index >= 15 is 0 Å². The SMILES string of the molecule is Cc1ccc(S(=O)(=O)N(C)CC(=O)N(Cc2ccccc2F)C(Cc2ccccc2)C(=O)NC2CCCC2)cc1. The van der Waals surface area contributed by atoms with Crippen LogP contribution in [-0.4, -0.2) is 55.1 Å². The van der Waals surface area contributed by atoms with Crippen molar-refractivity contribution >= 4 is 21.8 Å². The van der Waals surface area contributed by atoms with Gasteiger partial charge in [-0.3, -0.25) is 9.59 Å². The molecule has 4 rings (SSSR count). The van der Waals surface area contributed by atoms with Gasteiger partial charge in [0.25, 0.3) is 0 Å². The monoisotopic (exact) mass is 565 g/mol. The van der Waals surface area contributed by atoms with E-state index in [-0.39, 0.29) is 35.4 Å². The smallest absolute Gasteiger partial charge is 0.243 e. The molecule has 1 aliphatic carbocycles. The fourth-order valence-electron chi connectivity index (χ4n) is 4.99. The second-order valence-corrected chi connectivity index (χ2v) is 12.4. The van der Waals surface area contributed by atoms with Crippen molar-refractivity contribution in [3.05, 3.63) is 101 Å². The van der Waals surface area contributed by atoms with Crippen molar-refractivity contribution in [3.63, 3.8) is 0 Å². The number of carbonyl (C=O) groups is 2. The van der Waals surface area contributed by atoms with Gasteiger partial charge in [-0.25, -0.2) is 12.8 Å². The number of aryl methyl sites for hydroxylation is 1. The van der Waals surface area contributed by atoms with Gasteiger partial charge < -0.3 is 10.2 Å². The molecule has 0 saturated heterocycles. The molecule has 0 aromatic heterocycles. The molecule has 0 heterocycles. The van der Waals surface area contributed by atoms with Crippen molar-refractivity contribution in [3.8, 4) is 0 Å².